The van der Waals surface area contributed by atoms with Crippen molar-refractivity contribution in [3.63, 3.8) is 0 Å². The number of aliphatic hydroxyl groups excluding tert-OH is 1. The van der Waals surface area contributed by atoms with Crippen molar-refractivity contribution >= 4 is 0 Å². The number of benzene rings is 1. The Hall–Kier alpha value is -1.06. The van der Waals surface area contributed by atoms with E-state index in [-0.39, 0.29) is 0 Å². The van der Waals surface area contributed by atoms with E-state index in [9.17, 15) is 5.11 Å². The highest BCUT2D eigenvalue weighted by atomic mass is 16.5. The molecule has 1 aliphatic rings. The molecule has 0 saturated heterocycles. The Kier molecular flexibility index (Phi) is 2.70. The van der Waals surface area contributed by atoms with Crippen LogP contribution in [-0.2, 0) is 6.42 Å². The minimum atomic E-state index is -0.439. The predicted octanol–water partition coefficient (Wildman–Crippen LogP) is 1.00. The number of hydrogen-bond donors (Lipinski definition) is 2. The number of ether oxygens (including phenoxy) is 1. The third kappa shape index (κ3) is 1.74. The van der Waals surface area contributed by atoms with Gasteiger partial charge in [-0.15, -0.1) is 0 Å². The standard InChI is InChI=1S/C11H15NO2/c12-5-3-10(13)8-1-2-11-9(7-8)4-6-14-11/h1-2,7,10,13H,3-6,12H2/t10-/m1/s1. The summed E-state index contributed by atoms with van der Waals surface area (Å²) in [7, 11) is 0. The van der Waals surface area contributed by atoms with Crippen LogP contribution in [0.25, 0.3) is 0 Å². The van der Waals surface area contributed by atoms with E-state index in [0.717, 1.165) is 24.3 Å². The van der Waals surface area contributed by atoms with Crippen LogP contribution in [0, 0.1) is 0 Å². The molecular formula is C11H15NO2. The van der Waals surface area contributed by atoms with E-state index < -0.39 is 6.10 Å². The molecule has 0 aromatic heterocycles. The molecule has 3 N–H and O–H groups in total. The first kappa shape index (κ1) is 9.49. The number of hydrogen-bond acceptors (Lipinski definition) is 3. The lowest BCUT2D eigenvalue weighted by molar-refractivity contribution is 0.170. The Balaban J connectivity index is 2.19. The van der Waals surface area contributed by atoms with E-state index in [2.05, 4.69) is 0 Å². The Morgan fingerprint density at radius 2 is 2.36 bits per heavy atom. The van der Waals surface area contributed by atoms with Gasteiger partial charge in [0.05, 0.1) is 12.7 Å². The lowest BCUT2D eigenvalue weighted by atomic mass is 10.0. The second kappa shape index (κ2) is 3.98. The first-order valence-corrected chi connectivity index (χ1v) is 4.95. The molecule has 0 spiro atoms. The SMILES string of the molecule is NCC[C@@H](O)c1ccc2c(c1)CCO2. The largest absolute Gasteiger partial charge is 0.493 e. The first-order chi connectivity index (χ1) is 6.81. The van der Waals surface area contributed by atoms with Crippen LogP contribution in [0.5, 0.6) is 5.75 Å². The van der Waals surface area contributed by atoms with Gasteiger partial charge in [-0.25, -0.2) is 0 Å². The van der Waals surface area contributed by atoms with Gasteiger partial charge in [0.25, 0.3) is 0 Å². The quantitative estimate of drug-likeness (QED) is 0.753. The summed E-state index contributed by atoms with van der Waals surface area (Å²) in [5.74, 6) is 0.952. The molecule has 0 unspecified atom stereocenters. The Morgan fingerprint density at radius 3 is 3.14 bits per heavy atom. The van der Waals surface area contributed by atoms with E-state index in [0.29, 0.717) is 13.0 Å². The van der Waals surface area contributed by atoms with Gasteiger partial charge >= 0.3 is 0 Å². The minimum Gasteiger partial charge on any atom is -0.493 e. The van der Waals surface area contributed by atoms with Gasteiger partial charge in [0, 0.05) is 6.42 Å². The highest BCUT2D eigenvalue weighted by Gasteiger charge is 2.14. The number of nitrogens with two attached hydrogens (primary N) is 1. The van der Waals surface area contributed by atoms with Crippen molar-refractivity contribution in [1.82, 2.24) is 0 Å². The molecule has 1 atom stereocenters. The monoisotopic (exact) mass is 193 g/mol. The molecule has 0 fully saturated rings. The summed E-state index contributed by atoms with van der Waals surface area (Å²) in [6.07, 6.45) is 1.11. The fourth-order valence-electron chi connectivity index (χ4n) is 1.74. The molecule has 1 aromatic rings. The second-order valence-electron chi connectivity index (χ2n) is 3.56. The van der Waals surface area contributed by atoms with Gasteiger partial charge in [-0.05, 0) is 36.2 Å². The molecule has 14 heavy (non-hydrogen) atoms. The van der Waals surface area contributed by atoms with Crippen LogP contribution in [-0.4, -0.2) is 18.3 Å². The average Bonchev–Trinajstić information content (AvgIpc) is 2.64. The van der Waals surface area contributed by atoms with E-state index in [1.807, 2.05) is 18.2 Å². The zero-order valence-electron chi connectivity index (χ0n) is 8.07. The lowest BCUT2D eigenvalue weighted by Crippen LogP contribution is -2.06. The lowest BCUT2D eigenvalue weighted by Gasteiger charge is -2.10. The van der Waals surface area contributed by atoms with E-state index >= 15 is 0 Å². The van der Waals surface area contributed by atoms with E-state index in [1.165, 1.54) is 5.56 Å². The highest BCUT2D eigenvalue weighted by Crippen LogP contribution is 2.28. The van der Waals surface area contributed by atoms with Gasteiger partial charge in [0.2, 0.25) is 0 Å². The molecule has 0 bridgehead atoms. The molecule has 1 aromatic carbocycles. The van der Waals surface area contributed by atoms with Gasteiger partial charge in [0.1, 0.15) is 5.75 Å². The molecule has 0 amide bonds. The summed E-state index contributed by atoms with van der Waals surface area (Å²) in [5, 5.41) is 9.73. The Morgan fingerprint density at radius 1 is 1.50 bits per heavy atom. The maximum atomic E-state index is 9.73. The molecule has 0 saturated carbocycles. The predicted molar refractivity (Wildman–Crippen MR) is 54.3 cm³/mol. The van der Waals surface area contributed by atoms with Crippen LogP contribution >= 0.6 is 0 Å². The van der Waals surface area contributed by atoms with Gasteiger partial charge < -0.3 is 15.6 Å². The first-order valence-electron chi connectivity index (χ1n) is 4.95. The highest BCUT2D eigenvalue weighted by molar-refractivity contribution is 5.40. The zero-order chi connectivity index (χ0) is 9.97. The summed E-state index contributed by atoms with van der Waals surface area (Å²) in [5.41, 5.74) is 7.53. The fraction of sp³-hybridized carbons (Fsp3) is 0.455. The van der Waals surface area contributed by atoms with Gasteiger partial charge in [-0.3, -0.25) is 0 Å². The van der Waals surface area contributed by atoms with Gasteiger partial charge in [-0.1, -0.05) is 6.07 Å². The number of rotatable bonds is 3. The van der Waals surface area contributed by atoms with Crippen LogP contribution in [0.3, 0.4) is 0 Å². The van der Waals surface area contributed by atoms with Crippen molar-refractivity contribution in [2.24, 2.45) is 5.73 Å². The number of fused-ring (bicyclic) bond motifs is 1. The summed E-state index contributed by atoms with van der Waals surface area (Å²) in [6.45, 7) is 1.26. The van der Waals surface area contributed by atoms with Crippen LogP contribution in [0.15, 0.2) is 18.2 Å². The van der Waals surface area contributed by atoms with Crippen LogP contribution in [0.1, 0.15) is 23.7 Å². The fourth-order valence-corrected chi connectivity index (χ4v) is 1.74. The van der Waals surface area contributed by atoms with Crippen LogP contribution in [0.4, 0.5) is 0 Å². The molecule has 0 radical (unpaired) electrons. The third-order valence-electron chi connectivity index (χ3n) is 2.54. The molecule has 3 heteroatoms. The summed E-state index contributed by atoms with van der Waals surface area (Å²) >= 11 is 0. The van der Waals surface area contributed by atoms with Gasteiger partial charge in [0.15, 0.2) is 0 Å². The molecule has 2 rings (SSSR count). The third-order valence-corrected chi connectivity index (χ3v) is 2.54. The summed E-state index contributed by atoms with van der Waals surface area (Å²) in [4.78, 5) is 0. The molecular weight excluding hydrogens is 178 g/mol. The molecule has 1 aliphatic heterocycles. The van der Waals surface area contributed by atoms with Crippen molar-refractivity contribution in [2.45, 2.75) is 18.9 Å². The molecule has 3 nitrogen and oxygen atoms in total. The summed E-state index contributed by atoms with van der Waals surface area (Å²) in [6, 6.07) is 5.85. The maximum absolute atomic E-state index is 9.73. The van der Waals surface area contributed by atoms with E-state index in [1.54, 1.807) is 0 Å². The minimum absolute atomic E-state index is 0.439. The van der Waals surface area contributed by atoms with Crippen molar-refractivity contribution in [3.8, 4) is 5.75 Å². The topological polar surface area (TPSA) is 55.5 Å². The molecule has 0 aliphatic carbocycles. The van der Waals surface area contributed by atoms with Crippen LogP contribution < -0.4 is 10.5 Å². The van der Waals surface area contributed by atoms with Crippen molar-refractivity contribution < 1.29 is 9.84 Å². The maximum Gasteiger partial charge on any atom is 0.122 e. The zero-order valence-corrected chi connectivity index (χ0v) is 8.07. The van der Waals surface area contributed by atoms with Gasteiger partial charge in [-0.2, -0.15) is 0 Å². The van der Waals surface area contributed by atoms with Crippen molar-refractivity contribution in [2.75, 3.05) is 13.2 Å². The second-order valence-corrected chi connectivity index (χ2v) is 3.56. The van der Waals surface area contributed by atoms with Crippen LogP contribution in [0.2, 0.25) is 0 Å². The van der Waals surface area contributed by atoms with E-state index in [4.69, 9.17) is 10.5 Å². The average molecular weight is 193 g/mol. The molecule has 1 heterocycles. The number of aliphatic hydroxyl groups is 1. The smallest absolute Gasteiger partial charge is 0.122 e. The Bertz CT molecular complexity index is 325. The Labute approximate surface area is 83.5 Å². The normalized spacial score (nSPS) is 16.1. The summed E-state index contributed by atoms with van der Waals surface area (Å²) < 4.78 is 5.39. The van der Waals surface area contributed by atoms with Crippen molar-refractivity contribution in [3.05, 3.63) is 29.3 Å². The van der Waals surface area contributed by atoms with Crippen molar-refractivity contribution in [1.29, 1.82) is 0 Å². The molecule has 76 valence electrons.